The molecule has 1 aromatic carbocycles. The number of allylic oxidation sites excluding steroid dienone is 5. The SMILES string of the molecule is C#C.C/C=C\C(=C/C)c1cnc(Nc2cccc3c2NC=CC3)o1. The number of hydrogen-bond donors (Lipinski definition) is 2. The molecule has 24 heavy (non-hydrogen) atoms. The summed E-state index contributed by atoms with van der Waals surface area (Å²) >= 11 is 0. The molecule has 0 aliphatic carbocycles. The summed E-state index contributed by atoms with van der Waals surface area (Å²) in [6.45, 7) is 3.96. The number of terminal acetylenes is 1. The van der Waals surface area contributed by atoms with E-state index in [2.05, 4.69) is 40.6 Å². The summed E-state index contributed by atoms with van der Waals surface area (Å²) in [5.74, 6) is 0.751. The van der Waals surface area contributed by atoms with Crippen LogP contribution in [0.2, 0.25) is 0 Å². The van der Waals surface area contributed by atoms with Gasteiger partial charge in [-0.15, -0.1) is 12.8 Å². The highest BCUT2D eigenvalue weighted by atomic mass is 16.4. The third-order valence-electron chi connectivity index (χ3n) is 3.52. The minimum atomic E-state index is 0.489. The van der Waals surface area contributed by atoms with E-state index in [1.54, 1.807) is 6.20 Å². The van der Waals surface area contributed by atoms with Gasteiger partial charge >= 0.3 is 0 Å². The predicted octanol–water partition coefficient (Wildman–Crippen LogP) is 5.13. The quantitative estimate of drug-likeness (QED) is 0.606. The number of nitrogens with zero attached hydrogens (tertiary/aromatic N) is 1. The molecule has 0 atom stereocenters. The van der Waals surface area contributed by atoms with Crippen molar-refractivity contribution in [3.8, 4) is 12.8 Å². The summed E-state index contributed by atoms with van der Waals surface area (Å²) in [4.78, 5) is 4.31. The Balaban J connectivity index is 0.00000100. The van der Waals surface area contributed by atoms with Gasteiger partial charge in [-0.1, -0.05) is 36.4 Å². The van der Waals surface area contributed by atoms with Crippen LogP contribution < -0.4 is 10.6 Å². The Hall–Kier alpha value is -3.19. The standard InChI is InChI=1S/C18H19N3O.C2H2/c1-3-7-13(4-2)16-12-20-18(22-16)21-15-10-5-8-14-9-6-11-19-17(14)15;1-2/h3-8,10-12,19H,9H2,1-2H3,(H,20,21);1-2H/b7-3-,13-4+;. The first-order chi connectivity index (χ1) is 11.8. The molecule has 2 aromatic rings. The maximum atomic E-state index is 5.80. The number of fused-ring (bicyclic) bond motifs is 1. The van der Waals surface area contributed by atoms with E-state index < -0.39 is 0 Å². The Morgan fingerprint density at radius 2 is 2.17 bits per heavy atom. The van der Waals surface area contributed by atoms with Crippen molar-refractivity contribution < 1.29 is 4.42 Å². The van der Waals surface area contributed by atoms with Crippen LogP contribution >= 0.6 is 0 Å². The Kier molecular flexibility index (Phi) is 6.04. The fourth-order valence-corrected chi connectivity index (χ4v) is 2.45. The van der Waals surface area contributed by atoms with Crippen molar-refractivity contribution in [3.05, 3.63) is 66.2 Å². The Morgan fingerprint density at radius 1 is 1.33 bits per heavy atom. The first-order valence-corrected chi connectivity index (χ1v) is 7.71. The Labute approximate surface area is 143 Å². The topological polar surface area (TPSA) is 50.1 Å². The van der Waals surface area contributed by atoms with E-state index in [4.69, 9.17) is 4.42 Å². The van der Waals surface area contributed by atoms with Crippen molar-refractivity contribution in [2.45, 2.75) is 20.3 Å². The molecule has 0 amide bonds. The number of benzene rings is 1. The van der Waals surface area contributed by atoms with E-state index in [-0.39, 0.29) is 0 Å². The van der Waals surface area contributed by atoms with Crippen LogP contribution in [0.25, 0.3) is 5.57 Å². The molecule has 4 heteroatoms. The first-order valence-electron chi connectivity index (χ1n) is 7.71. The van der Waals surface area contributed by atoms with Crippen LogP contribution in [-0.2, 0) is 6.42 Å². The van der Waals surface area contributed by atoms with Crippen LogP contribution in [0.1, 0.15) is 25.2 Å². The van der Waals surface area contributed by atoms with Gasteiger partial charge in [0.15, 0.2) is 5.76 Å². The van der Waals surface area contributed by atoms with Crippen molar-refractivity contribution in [3.63, 3.8) is 0 Å². The van der Waals surface area contributed by atoms with Gasteiger partial charge < -0.3 is 15.1 Å². The second-order valence-corrected chi connectivity index (χ2v) is 4.99. The maximum Gasteiger partial charge on any atom is 0.299 e. The van der Waals surface area contributed by atoms with Crippen molar-refractivity contribution in [2.75, 3.05) is 10.6 Å². The van der Waals surface area contributed by atoms with Crippen LogP contribution in [0.15, 0.2) is 59.3 Å². The normalized spacial score (nSPS) is 12.9. The van der Waals surface area contributed by atoms with Crippen LogP contribution in [0.3, 0.4) is 0 Å². The lowest BCUT2D eigenvalue weighted by molar-refractivity contribution is 0.565. The molecule has 0 radical (unpaired) electrons. The molecular weight excluding hydrogens is 298 g/mol. The van der Waals surface area contributed by atoms with Gasteiger partial charge in [0.25, 0.3) is 6.01 Å². The number of rotatable bonds is 4. The lowest BCUT2D eigenvalue weighted by atomic mass is 10.1. The van der Waals surface area contributed by atoms with E-state index in [1.165, 1.54) is 5.56 Å². The molecule has 0 saturated heterocycles. The van der Waals surface area contributed by atoms with Crippen LogP contribution in [0.4, 0.5) is 17.4 Å². The number of nitrogens with one attached hydrogen (secondary N) is 2. The lowest BCUT2D eigenvalue weighted by Crippen LogP contribution is -2.03. The molecular formula is C20H21N3O. The Morgan fingerprint density at radius 3 is 2.92 bits per heavy atom. The molecule has 0 fully saturated rings. The van der Waals surface area contributed by atoms with Crippen molar-refractivity contribution in [1.29, 1.82) is 0 Å². The highest BCUT2D eigenvalue weighted by Crippen LogP contribution is 2.32. The number of aromatic nitrogens is 1. The van der Waals surface area contributed by atoms with Crippen molar-refractivity contribution in [2.24, 2.45) is 0 Å². The van der Waals surface area contributed by atoms with Gasteiger partial charge in [-0.25, -0.2) is 4.98 Å². The van der Waals surface area contributed by atoms with Gasteiger partial charge in [0.2, 0.25) is 0 Å². The van der Waals surface area contributed by atoms with Crippen LogP contribution in [-0.4, -0.2) is 4.98 Å². The highest BCUT2D eigenvalue weighted by Gasteiger charge is 2.12. The molecule has 1 aliphatic rings. The summed E-state index contributed by atoms with van der Waals surface area (Å²) in [5.41, 5.74) is 4.30. The van der Waals surface area contributed by atoms with E-state index in [0.29, 0.717) is 6.01 Å². The van der Waals surface area contributed by atoms with Crippen molar-refractivity contribution in [1.82, 2.24) is 4.98 Å². The summed E-state index contributed by atoms with van der Waals surface area (Å²) < 4.78 is 5.80. The molecule has 1 aliphatic heterocycles. The third kappa shape index (κ3) is 3.76. The highest BCUT2D eigenvalue weighted by molar-refractivity contribution is 5.77. The monoisotopic (exact) mass is 319 g/mol. The first kappa shape index (κ1) is 17.2. The maximum absolute atomic E-state index is 5.80. The summed E-state index contributed by atoms with van der Waals surface area (Å²) in [6.07, 6.45) is 20.7. The van der Waals surface area contributed by atoms with Gasteiger partial charge in [-0.05, 0) is 38.1 Å². The van der Waals surface area contributed by atoms with E-state index in [1.807, 2.05) is 50.4 Å². The smallest absolute Gasteiger partial charge is 0.299 e. The van der Waals surface area contributed by atoms with E-state index in [0.717, 1.165) is 29.1 Å². The van der Waals surface area contributed by atoms with Crippen LogP contribution in [0, 0.1) is 12.8 Å². The largest absolute Gasteiger partial charge is 0.423 e. The molecule has 122 valence electrons. The number of para-hydroxylation sites is 1. The molecule has 2 N–H and O–H groups in total. The predicted molar refractivity (Wildman–Crippen MR) is 101 cm³/mol. The fourth-order valence-electron chi connectivity index (χ4n) is 2.45. The number of hydrogen-bond acceptors (Lipinski definition) is 4. The molecule has 1 aromatic heterocycles. The van der Waals surface area contributed by atoms with E-state index in [9.17, 15) is 0 Å². The zero-order valence-electron chi connectivity index (χ0n) is 13.9. The molecule has 0 saturated carbocycles. The average molecular weight is 319 g/mol. The summed E-state index contributed by atoms with van der Waals surface area (Å²) in [5, 5.41) is 6.53. The minimum absolute atomic E-state index is 0.489. The molecule has 4 nitrogen and oxygen atoms in total. The summed E-state index contributed by atoms with van der Waals surface area (Å²) in [7, 11) is 0. The number of oxazole rings is 1. The van der Waals surface area contributed by atoms with Gasteiger partial charge in [0.05, 0.1) is 17.6 Å². The van der Waals surface area contributed by atoms with E-state index >= 15 is 0 Å². The summed E-state index contributed by atoms with van der Waals surface area (Å²) in [6, 6.07) is 6.64. The Bertz CT molecular complexity index is 794. The van der Waals surface area contributed by atoms with Gasteiger partial charge in [0, 0.05) is 5.57 Å². The molecule has 0 bridgehead atoms. The second kappa shape index (κ2) is 8.44. The molecule has 3 rings (SSSR count). The average Bonchev–Trinajstić information content (AvgIpc) is 3.10. The lowest BCUT2D eigenvalue weighted by Gasteiger charge is -2.16. The zero-order valence-corrected chi connectivity index (χ0v) is 13.9. The third-order valence-corrected chi connectivity index (χ3v) is 3.52. The number of anilines is 3. The van der Waals surface area contributed by atoms with Crippen LogP contribution in [0.5, 0.6) is 0 Å². The fraction of sp³-hybridized carbons (Fsp3) is 0.150. The van der Waals surface area contributed by atoms with Gasteiger partial charge in [-0.3, -0.25) is 0 Å². The van der Waals surface area contributed by atoms with Crippen molar-refractivity contribution >= 4 is 23.0 Å². The zero-order chi connectivity index (χ0) is 17.4. The molecule has 0 unspecified atom stereocenters. The second-order valence-electron chi connectivity index (χ2n) is 4.99. The minimum Gasteiger partial charge on any atom is -0.423 e. The van der Waals surface area contributed by atoms with Gasteiger partial charge in [-0.2, -0.15) is 0 Å². The molecule has 0 spiro atoms. The molecule has 2 heterocycles. The van der Waals surface area contributed by atoms with Gasteiger partial charge in [0.1, 0.15) is 0 Å².